The number of hydrogen-bond acceptors (Lipinski definition) is 10. The van der Waals surface area contributed by atoms with Gasteiger partial charge in [0.2, 0.25) is 0 Å². The normalized spacial score (nSPS) is 13.5. The Kier molecular flexibility index (Phi) is 9.55. The summed E-state index contributed by atoms with van der Waals surface area (Å²) < 4.78 is 25.0. The quantitative estimate of drug-likeness (QED) is 0.136. The molecule has 0 saturated carbocycles. The predicted molar refractivity (Wildman–Crippen MR) is 119 cm³/mol. The minimum atomic E-state index is -1.98. The van der Waals surface area contributed by atoms with Crippen LogP contribution in [-0.2, 0) is 14.3 Å². The van der Waals surface area contributed by atoms with Gasteiger partial charge in [0.25, 0.3) is 11.4 Å². The van der Waals surface area contributed by atoms with Crippen molar-refractivity contribution in [3.05, 3.63) is 79.9 Å². The van der Waals surface area contributed by atoms with Gasteiger partial charge in [-0.1, -0.05) is 21.1 Å². The van der Waals surface area contributed by atoms with Gasteiger partial charge in [-0.25, -0.2) is 14.0 Å². The van der Waals surface area contributed by atoms with E-state index in [4.69, 9.17) is 9.47 Å². The van der Waals surface area contributed by atoms with Crippen molar-refractivity contribution >= 4 is 45.5 Å². The molecular formula is C20H17BrFN3O9. The second-order valence-electron chi connectivity index (χ2n) is 6.47. The molecule has 0 aliphatic rings. The topological polar surface area (TPSA) is 160 Å². The number of benzene rings is 2. The first-order valence-corrected chi connectivity index (χ1v) is 10.3. The third-order valence-corrected chi connectivity index (χ3v) is 5.01. The van der Waals surface area contributed by atoms with Crippen molar-refractivity contribution < 1.29 is 38.1 Å². The lowest BCUT2D eigenvalue weighted by Gasteiger charge is -2.24. The predicted octanol–water partition coefficient (Wildman–Crippen LogP) is 3.62. The minimum absolute atomic E-state index is 0.0162. The number of carbonyl (C=O) groups excluding carboxylic acids is 2. The zero-order valence-electron chi connectivity index (χ0n) is 17.4. The number of esters is 2. The van der Waals surface area contributed by atoms with Crippen molar-refractivity contribution in [3.63, 3.8) is 0 Å². The Balaban J connectivity index is 2.10. The molecule has 34 heavy (non-hydrogen) atoms. The molecule has 0 amide bonds. The maximum atomic E-state index is 14.7. The number of hydrogen-bond donors (Lipinski definition) is 0. The molecular weight excluding hydrogens is 525 g/mol. The van der Waals surface area contributed by atoms with Crippen LogP contribution < -0.4 is 0 Å². The number of alkyl halides is 2. The fourth-order valence-corrected chi connectivity index (χ4v) is 3.04. The van der Waals surface area contributed by atoms with E-state index in [9.17, 15) is 34.2 Å². The molecule has 2 aromatic carbocycles. The fourth-order valence-electron chi connectivity index (χ4n) is 2.51. The largest absolute Gasteiger partial charge is 0.461 e. The van der Waals surface area contributed by atoms with Crippen LogP contribution in [0.15, 0.2) is 53.7 Å². The standard InChI is InChI=1S/C20H17BrFN3O9/c1-32-23-10-17(22)18(34-20(27)13-4-8-15(9-5-13)25(30)31)16(21)11-33-19(26)12-2-6-14(7-3-12)24(28)29/h2-10,16-18H,11H2,1H3/b23-10+/t16-,17+,18+/m0/s1. The molecule has 0 heterocycles. The fraction of sp³-hybridized carbons (Fsp3) is 0.250. The first kappa shape index (κ1) is 26.3. The zero-order chi connectivity index (χ0) is 25.3. The van der Waals surface area contributed by atoms with Crippen molar-refractivity contribution in [1.29, 1.82) is 0 Å². The van der Waals surface area contributed by atoms with Gasteiger partial charge in [-0.15, -0.1) is 0 Å². The van der Waals surface area contributed by atoms with E-state index in [1.165, 1.54) is 19.2 Å². The molecule has 0 aliphatic carbocycles. The summed E-state index contributed by atoms with van der Waals surface area (Å²) in [6.07, 6.45) is -2.78. The second-order valence-corrected chi connectivity index (χ2v) is 7.65. The first-order chi connectivity index (χ1) is 16.1. The van der Waals surface area contributed by atoms with Gasteiger partial charge in [0.05, 0.1) is 32.0 Å². The van der Waals surface area contributed by atoms with Crippen LogP contribution in [-0.4, -0.2) is 58.8 Å². The third kappa shape index (κ3) is 7.30. The van der Waals surface area contributed by atoms with E-state index < -0.39 is 45.5 Å². The summed E-state index contributed by atoms with van der Waals surface area (Å²) in [5.74, 6) is -1.83. The van der Waals surface area contributed by atoms with E-state index in [0.717, 1.165) is 42.6 Å². The monoisotopic (exact) mass is 541 g/mol. The SMILES string of the molecule is CO/N=C/[C@@H](F)[C@H](OC(=O)c1ccc([N+](=O)[O-])cc1)[C@@H](Br)COC(=O)c1ccc([N+](=O)[O-])cc1. The van der Waals surface area contributed by atoms with E-state index in [1.54, 1.807) is 0 Å². The maximum absolute atomic E-state index is 14.7. The summed E-state index contributed by atoms with van der Waals surface area (Å²) in [5.41, 5.74) is -0.525. The minimum Gasteiger partial charge on any atom is -0.461 e. The highest BCUT2D eigenvalue weighted by molar-refractivity contribution is 9.09. The number of nitro groups is 2. The van der Waals surface area contributed by atoms with Gasteiger partial charge in [0, 0.05) is 24.3 Å². The van der Waals surface area contributed by atoms with Crippen LogP contribution in [0.2, 0.25) is 0 Å². The van der Waals surface area contributed by atoms with E-state index in [-0.39, 0.29) is 22.5 Å². The molecule has 2 rings (SSSR count). The van der Waals surface area contributed by atoms with E-state index in [0.29, 0.717) is 0 Å². The molecule has 0 spiro atoms. The van der Waals surface area contributed by atoms with Crippen molar-refractivity contribution in [3.8, 4) is 0 Å². The van der Waals surface area contributed by atoms with Gasteiger partial charge >= 0.3 is 11.9 Å². The van der Waals surface area contributed by atoms with Gasteiger partial charge < -0.3 is 14.3 Å². The average molecular weight is 542 g/mol. The van der Waals surface area contributed by atoms with Gasteiger partial charge in [0.15, 0.2) is 12.3 Å². The number of nitrogens with zero attached hydrogens (tertiary/aromatic N) is 3. The number of ether oxygens (including phenoxy) is 2. The molecule has 12 nitrogen and oxygen atoms in total. The highest BCUT2D eigenvalue weighted by atomic mass is 79.9. The second kappa shape index (κ2) is 12.3. The lowest BCUT2D eigenvalue weighted by atomic mass is 10.1. The number of non-ortho nitro benzene ring substituents is 2. The Morgan fingerprint density at radius 3 is 1.91 bits per heavy atom. The van der Waals surface area contributed by atoms with Crippen LogP contribution in [0.25, 0.3) is 0 Å². The lowest BCUT2D eigenvalue weighted by molar-refractivity contribution is -0.385. The van der Waals surface area contributed by atoms with Crippen LogP contribution in [0.3, 0.4) is 0 Å². The van der Waals surface area contributed by atoms with Crippen LogP contribution in [0.4, 0.5) is 15.8 Å². The van der Waals surface area contributed by atoms with E-state index in [1.807, 2.05) is 0 Å². The van der Waals surface area contributed by atoms with Crippen molar-refractivity contribution in [2.24, 2.45) is 5.16 Å². The number of carbonyl (C=O) groups is 2. The number of nitro benzene ring substituents is 2. The van der Waals surface area contributed by atoms with Crippen LogP contribution in [0.1, 0.15) is 20.7 Å². The Morgan fingerprint density at radius 1 is 1.00 bits per heavy atom. The number of halogens is 2. The molecule has 0 aromatic heterocycles. The molecule has 14 heteroatoms. The highest BCUT2D eigenvalue weighted by Crippen LogP contribution is 2.20. The molecule has 3 atom stereocenters. The van der Waals surface area contributed by atoms with Gasteiger partial charge in [-0.2, -0.15) is 0 Å². The van der Waals surface area contributed by atoms with Gasteiger partial charge in [0.1, 0.15) is 13.7 Å². The molecule has 0 N–H and O–H groups in total. The summed E-state index contributed by atoms with van der Waals surface area (Å²) in [7, 11) is 1.18. The highest BCUT2D eigenvalue weighted by Gasteiger charge is 2.33. The summed E-state index contributed by atoms with van der Waals surface area (Å²) >= 11 is 3.12. The number of rotatable bonds is 11. The Labute approximate surface area is 199 Å². The molecule has 0 saturated heterocycles. The molecule has 0 aliphatic heterocycles. The summed E-state index contributed by atoms with van der Waals surface area (Å²) in [6, 6.07) is 9.09. The molecule has 180 valence electrons. The van der Waals surface area contributed by atoms with Gasteiger partial charge in [-0.05, 0) is 24.3 Å². The molecule has 0 radical (unpaired) electrons. The average Bonchev–Trinajstić information content (AvgIpc) is 2.83. The summed E-state index contributed by atoms with van der Waals surface area (Å²) in [4.78, 5) is 48.2. The third-order valence-electron chi connectivity index (χ3n) is 4.22. The van der Waals surface area contributed by atoms with E-state index in [2.05, 4.69) is 25.9 Å². The summed E-state index contributed by atoms with van der Waals surface area (Å²) in [5, 5.41) is 24.8. The van der Waals surface area contributed by atoms with Crippen LogP contribution in [0, 0.1) is 20.2 Å². The van der Waals surface area contributed by atoms with Crippen molar-refractivity contribution in [1.82, 2.24) is 0 Å². The van der Waals surface area contributed by atoms with Crippen molar-refractivity contribution in [2.45, 2.75) is 17.1 Å². The van der Waals surface area contributed by atoms with Crippen molar-refractivity contribution in [2.75, 3.05) is 13.7 Å². The molecule has 2 aromatic rings. The Bertz CT molecular complexity index is 1060. The molecule has 0 fully saturated rings. The van der Waals surface area contributed by atoms with Crippen LogP contribution in [0.5, 0.6) is 0 Å². The zero-order valence-corrected chi connectivity index (χ0v) is 19.0. The van der Waals surface area contributed by atoms with Gasteiger partial charge in [-0.3, -0.25) is 20.2 Å². The molecule has 0 bridgehead atoms. The maximum Gasteiger partial charge on any atom is 0.338 e. The Hall–Kier alpha value is -3.94. The van der Waals surface area contributed by atoms with E-state index >= 15 is 0 Å². The Morgan fingerprint density at radius 2 is 1.47 bits per heavy atom. The first-order valence-electron chi connectivity index (χ1n) is 9.35. The smallest absolute Gasteiger partial charge is 0.338 e. The van der Waals surface area contributed by atoms with Crippen LogP contribution >= 0.6 is 15.9 Å². The summed E-state index contributed by atoms with van der Waals surface area (Å²) in [6.45, 7) is -0.449. The molecule has 0 unspecified atom stereocenters. The number of oxime groups is 1. The lowest BCUT2D eigenvalue weighted by Crippen LogP contribution is -2.39.